The van der Waals surface area contributed by atoms with Crippen molar-refractivity contribution in [2.24, 2.45) is 0 Å². The Kier molecular flexibility index (Phi) is 3.91. The highest BCUT2D eigenvalue weighted by molar-refractivity contribution is 5.45. The molecule has 1 atom stereocenters. The van der Waals surface area contributed by atoms with Crippen LogP contribution < -0.4 is 4.74 Å². The van der Waals surface area contributed by atoms with Crippen molar-refractivity contribution >= 4 is 0 Å². The second kappa shape index (κ2) is 5.45. The van der Waals surface area contributed by atoms with Crippen LogP contribution in [0.4, 0.5) is 0 Å². The molecule has 0 aliphatic carbocycles. The molecule has 0 amide bonds. The van der Waals surface area contributed by atoms with E-state index in [9.17, 15) is 5.11 Å². The summed E-state index contributed by atoms with van der Waals surface area (Å²) in [7, 11) is 1.63. The standard InChI is InChI=1S/C17H20O2/c1-11-8-9-15(16(10-11)19-4)17(18)14-7-5-6-12(2)13(14)3/h5-10,17-18H,1-4H3. The molecule has 2 rings (SSSR count). The minimum atomic E-state index is -0.657. The Balaban J connectivity index is 2.49. The van der Waals surface area contributed by atoms with Crippen LogP contribution in [0.5, 0.6) is 5.75 Å². The Morgan fingerprint density at radius 3 is 2.42 bits per heavy atom. The van der Waals surface area contributed by atoms with E-state index in [1.165, 1.54) is 5.56 Å². The molecule has 0 aliphatic heterocycles. The molecule has 0 heterocycles. The Bertz CT molecular complexity index is 588. The van der Waals surface area contributed by atoms with Gasteiger partial charge in [0.2, 0.25) is 0 Å². The van der Waals surface area contributed by atoms with E-state index < -0.39 is 6.10 Å². The zero-order valence-electron chi connectivity index (χ0n) is 11.9. The van der Waals surface area contributed by atoms with Crippen LogP contribution in [0.2, 0.25) is 0 Å². The third-order valence-corrected chi connectivity index (χ3v) is 3.62. The van der Waals surface area contributed by atoms with E-state index in [2.05, 4.69) is 13.0 Å². The van der Waals surface area contributed by atoms with E-state index in [4.69, 9.17) is 4.74 Å². The number of aryl methyl sites for hydroxylation is 2. The molecule has 0 aromatic heterocycles. The summed E-state index contributed by atoms with van der Waals surface area (Å²) in [5.74, 6) is 0.730. The van der Waals surface area contributed by atoms with E-state index in [1.54, 1.807) is 7.11 Å². The second-order valence-corrected chi connectivity index (χ2v) is 4.94. The van der Waals surface area contributed by atoms with E-state index in [0.29, 0.717) is 0 Å². The fourth-order valence-corrected chi connectivity index (χ4v) is 2.28. The fourth-order valence-electron chi connectivity index (χ4n) is 2.28. The largest absolute Gasteiger partial charge is 0.496 e. The van der Waals surface area contributed by atoms with Gasteiger partial charge in [-0.3, -0.25) is 0 Å². The van der Waals surface area contributed by atoms with Crippen LogP contribution in [0.25, 0.3) is 0 Å². The van der Waals surface area contributed by atoms with E-state index >= 15 is 0 Å². The Morgan fingerprint density at radius 2 is 1.74 bits per heavy atom. The van der Waals surface area contributed by atoms with Crippen molar-refractivity contribution in [1.29, 1.82) is 0 Å². The molecule has 1 unspecified atom stereocenters. The van der Waals surface area contributed by atoms with Crippen molar-refractivity contribution < 1.29 is 9.84 Å². The molecule has 0 radical (unpaired) electrons. The first-order chi connectivity index (χ1) is 9.04. The Morgan fingerprint density at radius 1 is 1.00 bits per heavy atom. The number of rotatable bonds is 3. The lowest BCUT2D eigenvalue weighted by atomic mass is 9.94. The van der Waals surface area contributed by atoms with Crippen LogP contribution in [0, 0.1) is 20.8 Å². The highest BCUT2D eigenvalue weighted by Gasteiger charge is 2.17. The summed E-state index contributed by atoms with van der Waals surface area (Å²) < 4.78 is 5.38. The first-order valence-electron chi connectivity index (χ1n) is 6.43. The SMILES string of the molecule is COc1cc(C)ccc1C(O)c1cccc(C)c1C. The Labute approximate surface area is 114 Å². The maximum atomic E-state index is 10.6. The van der Waals surface area contributed by atoms with Gasteiger partial charge in [0.15, 0.2) is 0 Å². The first-order valence-corrected chi connectivity index (χ1v) is 6.43. The van der Waals surface area contributed by atoms with Gasteiger partial charge in [-0.2, -0.15) is 0 Å². The van der Waals surface area contributed by atoms with E-state index in [0.717, 1.165) is 28.0 Å². The van der Waals surface area contributed by atoms with E-state index in [1.807, 2.05) is 44.2 Å². The van der Waals surface area contributed by atoms with Crippen LogP contribution in [0.1, 0.15) is 33.9 Å². The average molecular weight is 256 g/mol. The Hall–Kier alpha value is -1.80. The second-order valence-electron chi connectivity index (χ2n) is 4.94. The number of hydrogen-bond acceptors (Lipinski definition) is 2. The minimum absolute atomic E-state index is 0.657. The van der Waals surface area contributed by atoms with Crippen LogP contribution in [-0.2, 0) is 0 Å². The molecular formula is C17H20O2. The molecule has 19 heavy (non-hydrogen) atoms. The average Bonchev–Trinajstić information content (AvgIpc) is 2.41. The molecule has 0 spiro atoms. The van der Waals surface area contributed by atoms with Crippen molar-refractivity contribution in [2.75, 3.05) is 7.11 Å². The smallest absolute Gasteiger partial charge is 0.125 e. The molecule has 0 saturated carbocycles. The van der Waals surface area contributed by atoms with Gasteiger partial charge in [-0.1, -0.05) is 30.3 Å². The summed E-state index contributed by atoms with van der Waals surface area (Å²) in [6.45, 7) is 6.10. The predicted molar refractivity (Wildman–Crippen MR) is 77.7 cm³/mol. The highest BCUT2D eigenvalue weighted by Crippen LogP contribution is 2.32. The van der Waals surface area contributed by atoms with Crippen molar-refractivity contribution in [3.8, 4) is 5.75 Å². The molecule has 100 valence electrons. The van der Waals surface area contributed by atoms with Crippen LogP contribution in [-0.4, -0.2) is 12.2 Å². The van der Waals surface area contributed by atoms with Gasteiger partial charge >= 0.3 is 0 Å². The molecule has 2 aromatic carbocycles. The lowest BCUT2D eigenvalue weighted by Crippen LogP contribution is -2.05. The molecule has 0 aliphatic rings. The molecule has 0 fully saturated rings. The number of aliphatic hydroxyl groups is 1. The summed E-state index contributed by atoms with van der Waals surface area (Å²) >= 11 is 0. The van der Waals surface area contributed by atoms with Crippen molar-refractivity contribution in [2.45, 2.75) is 26.9 Å². The molecule has 0 bridgehead atoms. The van der Waals surface area contributed by atoms with Gasteiger partial charge in [0.25, 0.3) is 0 Å². The van der Waals surface area contributed by atoms with Gasteiger partial charge in [0.05, 0.1) is 7.11 Å². The number of ether oxygens (including phenoxy) is 1. The number of hydrogen-bond donors (Lipinski definition) is 1. The van der Waals surface area contributed by atoms with Gasteiger partial charge < -0.3 is 9.84 Å². The number of methoxy groups -OCH3 is 1. The molecule has 1 N–H and O–H groups in total. The molecule has 0 saturated heterocycles. The van der Waals surface area contributed by atoms with Gasteiger partial charge in [-0.05, 0) is 49.1 Å². The summed E-state index contributed by atoms with van der Waals surface area (Å²) in [5, 5.41) is 10.6. The summed E-state index contributed by atoms with van der Waals surface area (Å²) in [5.41, 5.74) is 5.16. The van der Waals surface area contributed by atoms with Crippen LogP contribution in [0.3, 0.4) is 0 Å². The predicted octanol–water partition coefficient (Wildman–Crippen LogP) is 3.70. The van der Waals surface area contributed by atoms with Crippen LogP contribution in [0.15, 0.2) is 36.4 Å². The van der Waals surface area contributed by atoms with Crippen molar-refractivity contribution in [1.82, 2.24) is 0 Å². The van der Waals surface area contributed by atoms with E-state index in [-0.39, 0.29) is 0 Å². The zero-order valence-corrected chi connectivity index (χ0v) is 11.9. The third-order valence-electron chi connectivity index (χ3n) is 3.62. The summed E-state index contributed by atoms with van der Waals surface area (Å²) in [6.07, 6.45) is -0.657. The van der Waals surface area contributed by atoms with Gasteiger partial charge in [-0.25, -0.2) is 0 Å². The molecule has 2 heteroatoms. The quantitative estimate of drug-likeness (QED) is 0.907. The van der Waals surface area contributed by atoms with Crippen molar-refractivity contribution in [3.05, 3.63) is 64.2 Å². The third kappa shape index (κ3) is 2.64. The first kappa shape index (κ1) is 13.6. The zero-order chi connectivity index (χ0) is 14.0. The topological polar surface area (TPSA) is 29.5 Å². The highest BCUT2D eigenvalue weighted by atomic mass is 16.5. The van der Waals surface area contributed by atoms with Gasteiger partial charge in [-0.15, -0.1) is 0 Å². The summed E-state index contributed by atoms with van der Waals surface area (Å²) in [6, 6.07) is 11.9. The summed E-state index contributed by atoms with van der Waals surface area (Å²) in [4.78, 5) is 0. The lowest BCUT2D eigenvalue weighted by Gasteiger charge is -2.18. The fraction of sp³-hybridized carbons (Fsp3) is 0.294. The molecule has 2 nitrogen and oxygen atoms in total. The van der Waals surface area contributed by atoms with Gasteiger partial charge in [0, 0.05) is 5.56 Å². The lowest BCUT2D eigenvalue weighted by molar-refractivity contribution is 0.214. The van der Waals surface area contributed by atoms with Gasteiger partial charge in [0.1, 0.15) is 11.9 Å². The minimum Gasteiger partial charge on any atom is -0.496 e. The van der Waals surface area contributed by atoms with Crippen molar-refractivity contribution in [3.63, 3.8) is 0 Å². The van der Waals surface area contributed by atoms with Crippen LogP contribution >= 0.6 is 0 Å². The number of aliphatic hydroxyl groups excluding tert-OH is 1. The number of benzene rings is 2. The maximum absolute atomic E-state index is 10.6. The molecule has 2 aromatic rings. The molecular weight excluding hydrogens is 236 g/mol. The maximum Gasteiger partial charge on any atom is 0.125 e. The normalized spacial score (nSPS) is 12.3. The monoisotopic (exact) mass is 256 g/mol.